The lowest BCUT2D eigenvalue weighted by Crippen LogP contribution is -2.23. The minimum Gasteiger partial charge on any atom is -0.383 e. The van der Waals surface area contributed by atoms with Gasteiger partial charge in [0.2, 0.25) is 0 Å². The molecule has 0 aliphatic carbocycles. The van der Waals surface area contributed by atoms with E-state index in [0.717, 1.165) is 26.1 Å². The van der Waals surface area contributed by atoms with Crippen molar-refractivity contribution in [3.63, 3.8) is 0 Å². The fourth-order valence-corrected chi connectivity index (χ4v) is 1.99. The van der Waals surface area contributed by atoms with Gasteiger partial charge >= 0.3 is 0 Å². The molecule has 0 aliphatic heterocycles. The van der Waals surface area contributed by atoms with Crippen LogP contribution in [0.25, 0.3) is 0 Å². The van der Waals surface area contributed by atoms with Crippen LogP contribution in [0.15, 0.2) is 24.3 Å². The number of hydrogen-bond acceptors (Lipinski definition) is 2. The molecule has 0 atom stereocenters. The van der Waals surface area contributed by atoms with Gasteiger partial charge in [0.05, 0.1) is 6.61 Å². The maximum atomic E-state index is 5.01. The van der Waals surface area contributed by atoms with E-state index in [2.05, 4.69) is 50.4 Å². The van der Waals surface area contributed by atoms with E-state index in [9.17, 15) is 0 Å². The smallest absolute Gasteiger partial charge is 0.0587 e. The van der Waals surface area contributed by atoms with Crippen LogP contribution in [0.1, 0.15) is 31.9 Å². The molecule has 2 heteroatoms. The Balaban J connectivity index is 2.53. The van der Waals surface area contributed by atoms with Crippen molar-refractivity contribution >= 4 is 0 Å². The van der Waals surface area contributed by atoms with Crippen molar-refractivity contribution in [2.24, 2.45) is 0 Å². The molecule has 0 amide bonds. The average Bonchev–Trinajstić information content (AvgIpc) is 2.28. The Morgan fingerprint density at radius 3 is 2.47 bits per heavy atom. The zero-order valence-electron chi connectivity index (χ0n) is 11.5. The molecule has 17 heavy (non-hydrogen) atoms. The third kappa shape index (κ3) is 4.88. The van der Waals surface area contributed by atoms with Gasteiger partial charge in [0.15, 0.2) is 0 Å². The predicted molar refractivity (Wildman–Crippen MR) is 73.6 cm³/mol. The minimum atomic E-state index is 0.225. The monoisotopic (exact) mass is 235 g/mol. The summed E-state index contributed by atoms with van der Waals surface area (Å²) < 4.78 is 5.01. The second-order valence-electron chi connectivity index (χ2n) is 5.40. The zero-order chi connectivity index (χ0) is 12.7. The van der Waals surface area contributed by atoms with Crippen molar-refractivity contribution in [3.05, 3.63) is 35.4 Å². The summed E-state index contributed by atoms with van der Waals surface area (Å²) in [6.45, 7) is 9.52. The topological polar surface area (TPSA) is 21.3 Å². The molecule has 0 unspecified atom stereocenters. The van der Waals surface area contributed by atoms with E-state index < -0.39 is 0 Å². The Kier molecular flexibility index (Phi) is 5.66. The lowest BCUT2D eigenvalue weighted by atomic mass is 9.83. The van der Waals surface area contributed by atoms with Gasteiger partial charge in [-0.05, 0) is 29.5 Å². The Hall–Kier alpha value is -0.860. The highest BCUT2D eigenvalue weighted by molar-refractivity contribution is 5.32. The van der Waals surface area contributed by atoms with Gasteiger partial charge in [0, 0.05) is 13.7 Å². The van der Waals surface area contributed by atoms with Crippen LogP contribution >= 0.6 is 0 Å². The van der Waals surface area contributed by atoms with Crippen LogP contribution in [0.4, 0.5) is 0 Å². The molecule has 0 aliphatic rings. The summed E-state index contributed by atoms with van der Waals surface area (Å²) in [6.07, 6.45) is 1.08. The highest BCUT2D eigenvalue weighted by atomic mass is 16.5. The Morgan fingerprint density at radius 1 is 1.12 bits per heavy atom. The first kappa shape index (κ1) is 14.2. The van der Waals surface area contributed by atoms with Crippen molar-refractivity contribution in [2.45, 2.75) is 32.6 Å². The van der Waals surface area contributed by atoms with E-state index in [0.29, 0.717) is 0 Å². The van der Waals surface area contributed by atoms with Gasteiger partial charge in [-0.1, -0.05) is 45.0 Å². The number of benzene rings is 1. The summed E-state index contributed by atoms with van der Waals surface area (Å²) in [4.78, 5) is 0. The quantitative estimate of drug-likeness (QED) is 0.766. The molecular formula is C15H25NO. The van der Waals surface area contributed by atoms with Crippen LogP contribution < -0.4 is 5.32 Å². The van der Waals surface area contributed by atoms with Gasteiger partial charge in [-0.2, -0.15) is 0 Å². The normalized spacial score (nSPS) is 11.8. The van der Waals surface area contributed by atoms with Crippen LogP contribution in [0.5, 0.6) is 0 Å². The first-order valence-corrected chi connectivity index (χ1v) is 6.33. The first-order chi connectivity index (χ1) is 8.05. The van der Waals surface area contributed by atoms with Gasteiger partial charge < -0.3 is 10.1 Å². The average molecular weight is 235 g/mol. The van der Waals surface area contributed by atoms with Gasteiger partial charge in [0.25, 0.3) is 0 Å². The fraction of sp³-hybridized carbons (Fsp3) is 0.600. The largest absolute Gasteiger partial charge is 0.383 e. The Labute approximate surface area is 105 Å². The molecule has 0 bridgehead atoms. The summed E-state index contributed by atoms with van der Waals surface area (Å²) in [6, 6.07) is 8.73. The summed E-state index contributed by atoms with van der Waals surface area (Å²) in [5.74, 6) is 0. The van der Waals surface area contributed by atoms with Crippen LogP contribution in [-0.4, -0.2) is 26.8 Å². The van der Waals surface area contributed by atoms with Crippen LogP contribution in [0.3, 0.4) is 0 Å². The van der Waals surface area contributed by atoms with E-state index in [-0.39, 0.29) is 5.41 Å². The van der Waals surface area contributed by atoms with Crippen molar-refractivity contribution in [3.8, 4) is 0 Å². The molecule has 0 heterocycles. The second-order valence-corrected chi connectivity index (χ2v) is 5.40. The zero-order valence-corrected chi connectivity index (χ0v) is 11.5. The molecule has 2 nitrogen and oxygen atoms in total. The van der Waals surface area contributed by atoms with Crippen molar-refractivity contribution in [1.82, 2.24) is 5.32 Å². The molecule has 1 aromatic carbocycles. The molecule has 0 aromatic heterocycles. The van der Waals surface area contributed by atoms with Crippen molar-refractivity contribution in [1.29, 1.82) is 0 Å². The standard InChI is InChI=1S/C15H25NO/c1-15(2,3)14-8-6-5-7-13(14)9-10-16-11-12-17-4/h5-8,16H,9-12H2,1-4H3. The maximum Gasteiger partial charge on any atom is 0.0587 e. The van der Waals surface area contributed by atoms with Gasteiger partial charge in [-0.25, -0.2) is 0 Å². The number of ether oxygens (including phenoxy) is 1. The van der Waals surface area contributed by atoms with E-state index in [4.69, 9.17) is 4.74 Å². The van der Waals surface area contributed by atoms with E-state index >= 15 is 0 Å². The Bertz CT molecular complexity index is 328. The molecule has 0 saturated heterocycles. The maximum absolute atomic E-state index is 5.01. The van der Waals surface area contributed by atoms with Gasteiger partial charge in [-0.3, -0.25) is 0 Å². The Morgan fingerprint density at radius 2 is 1.82 bits per heavy atom. The van der Waals surface area contributed by atoms with E-state index in [1.807, 2.05) is 0 Å². The van der Waals surface area contributed by atoms with Gasteiger partial charge in [-0.15, -0.1) is 0 Å². The summed E-state index contributed by atoms with van der Waals surface area (Å²) in [5.41, 5.74) is 3.13. The molecule has 1 rings (SSSR count). The van der Waals surface area contributed by atoms with Crippen LogP contribution in [0, 0.1) is 0 Å². The second kappa shape index (κ2) is 6.77. The van der Waals surface area contributed by atoms with E-state index in [1.165, 1.54) is 11.1 Å². The number of nitrogens with one attached hydrogen (secondary N) is 1. The molecular weight excluding hydrogens is 210 g/mol. The molecule has 0 saturated carbocycles. The summed E-state index contributed by atoms with van der Waals surface area (Å²) in [7, 11) is 1.73. The number of rotatable bonds is 6. The van der Waals surface area contributed by atoms with Crippen molar-refractivity contribution in [2.75, 3.05) is 26.8 Å². The van der Waals surface area contributed by atoms with Crippen molar-refractivity contribution < 1.29 is 4.74 Å². The van der Waals surface area contributed by atoms with Gasteiger partial charge in [0.1, 0.15) is 0 Å². The van der Waals surface area contributed by atoms with Crippen LogP contribution in [-0.2, 0) is 16.6 Å². The third-order valence-electron chi connectivity index (χ3n) is 2.88. The molecule has 0 fully saturated rings. The lowest BCUT2D eigenvalue weighted by Gasteiger charge is -2.23. The predicted octanol–water partition coefficient (Wildman–Crippen LogP) is 2.76. The summed E-state index contributed by atoms with van der Waals surface area (Å²) in [5, 5.41) is 3.39. The van der Waals surface area contributed by atoms with Crippen LogP contribution in [0.2, 0.25) is 0 Å². The molecule has 0 radical (unpaired) electrons. The SMILES string of the molecule is COCCNCCc1ccccc1C(C)(C)C. The third-order valence-corrected chi connectivity index (χ3v) is 2.88. The lowest BCUT2D eigenvalue weighted by molar-refractivity contribution is 0.199. The molecule has 1 N–H and O–H groups in total. The number of hydrogen-bond donors (Lipinski definition) is 1. The molecule has 96 valence electrons. The van der Waals surface area contributed by atoms with E-state index in [1.54, 1.807) is 7.11 Å². The number of methoxy groups -OCH3 is 1. The minimum absolute atomic E-state index is 0.225. The molecule has 0 spiro atoms. The molecule has 1 aromatic rings. The fourth-order valence-electron chi connectivity index (χ4n) is 1.99. The highest BCUT2D eigenvalue weighted by Crippen LogP contribution is 2.25. The summed E-state index contributed by atoms with van der Waals surface area (Å²) >= 11 is 0. The highest BCUT2D eigenvalue weighted by Gasteiger charge is 2.16. The first-order valence-electron chi connectivity index (χ1n) is 6.33.